The second kappa shape index (κ2) is 8.22. The van der Waals surface area contributed by atoms with Crippen molar-refractivity contribution in [1.82, 2.24) is 10.2 Å². The van der Waals surface area contributed by atoms with Gasteiger partial charge in [0.15, 0.2) is 0 Å². The van der Waals surface area contributed by atoms with Crippen LogP contribution in [0.25, 0.3) is 0 Å². The number of halogens is 1. The highest BCUT2D eigenvalue weighted by atomic mass is 35.5. The molecule has 0 aliphatic carbocycles. The summed E-state index contributed by atoms with van der Waals surface area (Å²) in [6.45, 7) is 2.17. The number of aliphatic hydroxyl groups is 1. The van der Waals surface area contributed by atoms with Gasteiger partial charge in [0.2, 0.25) is 5.91 Å². The van der Waals surface area contributed by atoms with Crippen molar-refractivity contribution in [3.05, 3.63) is 29.3 Å². The summed E-state index contributed by atoms with van der Waals surface area (Å²) in [6.07, 6.45) is 2.00. The molecule has 6 heteroatoms. The van der Waals surface area contributed by atoms with Gasteiger partial charge in [-0.25, -0.2) is 0 Å². The number of hydrogen-bond acceptors (Lipinski definition) is 4. The highest BCUT2D eigenvalue weighted by Gasteiger charge is 2.25. The summed E-state index contributed by atoms with van der Waals surface area (Å²) in [5, 5.41) is 12.7. The molecule has 0 bridgehead atoms. The number of rotatable bonds is 7. The van der Waals surface area contributed by atoms with Gasteiger partial charge in [0.1, 0.15) is 12.4 Å². The molecule has 116 valence electrons. The molecule has 1 fully saturated rings. The minimum atomic E-state index is -0.0370. The van der Waals surface area contributed by atoms with Crippen molar-refractivity contribution in [2.24, 2.45) is 0 Å². The molecule has 1 heterocycles. The van der Waals surface area contributed by atoms with Gasteiger partial charge in [0.05, 0.1) is 19.7 Å². The number of aliphatic hydroxyl groups excluding tert-OH is 1. The number of hydrogen-bond donors (Lipinski definition) is 2. The third kappa shape index (κ3) is 5.19. The van der Waals surface area contributed by atoms with E-state index >= 15 is 0 Å². The monoisotopic (exact) mass is 312 g/mol. The van der Waals surface area contributed by atoms with Crippen LogP contribution >= 0.6 is 11.6 Å². The van der Waals surface area contributed by atoms with E-state index in [4.69, 9.17) is 16.3 Å². The Labute approximate surface area is 129 Å². The van der Waals surface area contributed by atoms with Crippen molar-refractivity contribution in [2.45, 2.75) is 18.9 Å². The third-order valence-electron chi connectivity index (χ3n) is 3.55. The van der Waals surface area contributed by atoms with E-state index in [2.05, 4.69) is 5.32 Å². The number of benzene rings is 1. The van der Waals surface area contributed by atoms with Crippen LogP contribution in [0.5, 0.6) is 5.75 Å². The van der Waals surface area contributed by atoms with Crippen LogP contribution in [0, 0.1) is 0 Å². The Balaban J connectivity index is 1.63. The lowest BCUT2D eigenvalue weighted by Gasteiger charge is -2.21. The maximum absolute atomic E-state index is 11.8. The first kappa shape index (κ1) is 16.1. The normalized spacial score (nSPS) is 18.7. The van der Waals surface area contributed by atoms with E-state index in [1.54, 1.807) is 12.1 Å². The number of ether oxygens (including phenoxy) is 1. The Morgan fingerprint density at radius 2 is 2.38 bits per heavy atom. The van der Waals surface area contributed by atoms with Gasteiger partial charge >= 0.3 is 0 Å². The molecule has 21 heavy (non-hydrogen) atoms. The van der Waals surface area contributed by atoms with E-state index in [-0.39, 0.29) is 18.6 Å². The summed E-state index contributed by atoms with van der Waals surface area (Å²) < 4.78 is 5.50. The van der Waals surface area contributed by atoms with Crippen molar-refractivity contribution in [3.63, 3.8) is 0 Å². The SMILES string of the molecule is O=C(CN1CCC[C@H]1CO)NCCOc1cccc(Cl)c1. The molecule has 1 amide bonds. The standard InChI is InChI=1S/C15H21ClN2O3/c16-12-3-1-5-14(9-12)21-8-6-17-15(20)10-18-7-2-4-13(18)11-19/h1,3,5,9,13,19H,2,4,6-8,10-11H2,(H,17,20)/t13-/m0/s1. The van der Waals surface area contributed by atoms with Gasteiger partial charge < -0.3 is 15.2 Å². The van der Waals surface area contributed by atoms with Gasteiger partial charge in [0.25, 0.3) is 0 Å². The minimum absolute atomic E-state index is 0.0370. The Morgan fingerprint density at radius 1 is 1.52 bits per heavy atom. The number of nitrogens with zero attached hydrogens (tertiary/aromatic N) is 1. The maximum Gasteiger partial charge on any atom is 0.234 e. The molecule has 0 radical (unpaired) electrons. The Morgan fingerprint density at radius 3 is 3.14 bits per heavy atom. The van der Waals surface area contributed by atoms with Crippen LogP contribution in [0.3, 0.4) is 0 Å². The first-order valence-electron chi connectivity index (χ1n) is 7.19. The summed E-state index contributed by atoms with van der Waals surface area (Å²) in [5.74, 6) is 0.654. The first-order chi connectivity index (χ1) is 10.2. The van der Waals surface area contributed by atoms with Crippen molar-refractivity contribution < 1.29 is 14.6 Å². The molecule has 0 aromatic heterocycles. The molecule has 0 unspecified atom stereocenters. The molecule has 1 aromatic rings. The third-order valence-corrected chi connectivity index (χ3v) is 3.78. The average Bonchev–Trinajstić information content (AvgIpc) is 2.91. The zero-order valence-electron chi connectivity index (χ0n) is 11.9. The lowest BCUT2D eigenvalue weighted by atomic mass is 10.2. The van der Waals surface area contributed by atoms with E-state index < -0.39 is 0 Å². The fourth-order valence-corrected chi connectivity index (χ4v) is 2.65. The second-order valence-corrected chi connectivity index (χ2v) is 5.54. The zero-order valence-corrected chi connectivity index (χ0v) is 12.7. The second-order valence-electron chi connectivity index (χ2n) is 5.10. The van der Waals surface area contributed by atoms with Gasteiger partial charge in [-0.15, -0.1) is 0 Å². The zero-order chi connectivity index (χ0) is 15.1. The van der Waals surface area contributed by atoms with Crippen LogP contribution in [-0.2, 0) is 4.79 Å². The predicted octanol–water partition coefficient (Wildman–Crippen LogP) is 1.29. The molecule has 2 N–H and O–H groups in total. The van der Waals surface area contributed by atoms with Crippen molar-refractivity contribution in [1.29, 1.82) is 0 Å². The molecule has 2 rings (SSSR count). The molecule has 1 aromatic carbocycles. The highest BCUT2D eigenvalue weighted by Crippen LogP contribution is 2.17. The molecule has 1 aliphatic heterocycles. The van der Waals surface area contributed by atoms with E-state index in [0.29, 0.717) is 30.5 Å². The summed E-state index contributed by atoms with van der Waals surface area (Å²) in [5.41, 5.74) is 0. The number of likely N-dealkylation sites (tertiary alicyclic amines) is 1. The van der Waals surface area contributed by atoms with Crippen LogP contribution in [-0.4, -0.2) is 54.8 Å². The fraction of sp³-hybridized carbons (Fsp3) is 0.533. The minimum Gasteiger partial charge on any atom is -0.492 e. The highest BCUT2D eigenvalue weighted by molar-refractivity contribution is 6.30. The number of nitrogens with one attached hydrogen (secondary N) is 1. The van der Waals surface area contributed by atoms with Crippen molar-refractivity contribution in [3.8, 4) is 5.75 Å². The van der Waals surface area contributed by atoms with Gasteiger partial charge in [-0.3, -0.25) is 9.69 Å². The number of carbonyl (C=O) groups is 1. The summed E-state index contributed by atoms with van der Waals surface area (Å²) in [6, 6.07) is 7.28. The van der Waals surface area contributed by atoms with Crippen LogP contribution in [0.4, 0.5) is 0 Å². The maximum atomic E-state index is 11.8. The van der Waals surface area contributed by atoms with Gasteiger partial charge in [-0.05, 0) is 37.6 Å². The molecule has 1 saturated heterocycles. The van der Waals surface area contributed by atoms with E-state index in [0.717, 1.165) is 19.4 Å². The molecule has 0 spiro atoms. The van der Waals surface area contributed by atoms with Crippen LogP contribution in [0.1, 0.15) is 12.8 Å². The molecule has 5 nitrogen and oxygen atoms in total. The number of carbonyl (C=O) groups excluding carboxylic acids is 1. The average molecular weight is 313 g/mol. The molecule has 1 atom stereocenters. The lowest BCUT2D eigenvalue weighted by molar-refractivity contribution is -0.122. The van der Waals surface area contributed by atoms with Crippen LogP contribution in [0.15, 0.2) is 24.3 Å². The van der Waals surface area contributed by atoms with E-state index in [9.17, 15) is 9.90 Å². The fourth-order valence-electron chi connectivity index (χ4n) is 2.47. The Hall–Kier alpha value is -1.30. The van der Waals surface area contributed by atoms with Gasteiger partial charge in [-0.2, -0.15) is 0 Å². The van der Waals surface area contributed by atoms with Crippen molar-refractivity contribution >= 4 is 17.5 Å². The quantitative estimate of drug-likeness (QED) is 0.745. The molecule has 1 aliphatic rings. The Bertz CT molecular complexity index is 470. The lowest BCUT2D eigenvalue weighted by Crippen LogP contribution is -2.42. The smallest absolute Gasteiger partial charge is 0.234 e. The summed E-state index contributed by atoms with van der Waals surface area (Å²) in [4.78, 5) is 13.8. The van der Waals surface area contributed by atoms with Gasteiger partial charge in [0, 0.05) is 11.1 Å². The number of amides is 1. The largest absolute Gasteiger partial charge is 0.492 e. The Kier molecular flexibility index (Phi) is 6.29. The van der Waals surface area contributed by atoms with E-state index in [1.807, 2.05) is 17.0 Å². The predicted molar refractivity (Wildman–Crippen MR) is 81.6 cm³/mol. The summed E-state index contributed by atoms with van der Waals surface area (Å²) >= 11 is 5.85. The topological polar surface area (TPSA) is 61.8 Å². The van der Waals surface area contributed by atoms with Crippen molar-refractivity contribution in [2.75, 3.05) is 32.8 Å². The molecular weight excluding hydrogens is 292 g/mol. The van der Waals surface area contributed by atoms with Crippen LogP contribution < -0.4 is 10.1 Å². The first-order valence-corrected chi connectivity index (χ1v) is 7.57. The van der Waals surface area contributed by atoms with Gasteiger partial charge in [-0.1, -0.05) is 17.7 Å². The van der Waals surface area contributed by atoms with E-state index in [1.165, 1.54) is 0 Å². The molecule has 0 saturated carbocycles. The van der Waals surface area contributed by atoms with Crippen LogP contribution in [0.2, 0.25) is 5.02 Å². The molecular formula is C15H21ClN2O3. The summed E-state index contributed by atoms with van der Waals surface area (Å²) in [7, 11) is 0.